The van der Waals surface area contributed by atoms with Gasteiger partial charge in [-0.25, -0.2) is 4.98 Å². The fourth-order valence-electron chi connectivity index (χ4n) is 7.96. The Labute approximate surface area is 291 Å². The number of aryl methyl sites for hydroxylation is 1. The first-order chi connectivity index (χ1) is 24.4. The van der Waals surface area contributed by atoms with Crippen LogP contribution in [0.4, 0.5) is 26.3 Å². The van der Waals surface area contributed by atoms with E-state index in [-0.39, 0.29) is 18.7 Å². The third kappa shape index (κ3) is 7.11. The van der Waals surface area contributed by atoms with E-state index >= 15 is 0 Å². The summed E-state index contributed by atoms with van der Waals surface area (Å²) in [5.74, 6) is -0.0441. The van der Waals surface area contributed by atoms with Crippen LogP contribution in [0.15, 0.2) is 84.6 Å². The Morgan fingerprint density at radius 2 is 1.49 bits per heavy atom. The van der Waals surface area contributed by atoms with Crippen molar-refractivity contribution in [1.82, 2.24) is 19.4 Å². The highest BCUT2D eigenvalue weighted by Crippen LogP contribution is 2.39. The van der Waals surface area contributed by atoms with Crippen LogP contribution in [0, 0.1) is 0 Å². The van der Waals surface area contributed by atoms with Crippen LogP contribution < -0.4 is 0 Å². The fourth-order valence-corrected chi connectivity index (χ4v) is 7.96. The molecular weight excluding hydrogens is 670 g/mol. The lowest BCUT2D eigenvalue weighted by Gasteiger charge is -2.45. The smallest absolute Gasteiger partial charge is 0.335 e. The number of hydrogen-bond donors (Lipinski definition) is 0. The molecule has 2 saturated heterocycles. The third-order valence-corrected chi connectivity index (χ3v) is 10.5. The lowest BCUT2D eigenvalue weighted by Crippen LogP contribution is -2.53. The van der Waals surface area contributed by atoms with Gasteiger partial charge in [-0.1, -0.05) is 60.2 Å². The topological polar surface area (TPSA) is 58.4 Å². The molecule has 4 aromatic rings. The molecule has 266 valence electrons. The summed E-state index contributed by atoms with van der Waals surface area (Å²) in [5.41, 5.74) is 2.48. The molecule has 1 amide bonds. The van der Waals surface area contributed by atoms with Crippen molar-refractivity contribution < 1.29 is 35.9 Å². The number of nitrogens with zero attached hydrogens (tertiary/aromatic N) is 4. The van der Waals surface area contributed by atoms with Crippen molar-refractivity contribution in [2.75, 3.05) is 19.6 Å². The SMILES string of the molecule is O=Cc1cnc2n1CCc1ccccc1C2=C1CCN([C@@H]2CCN(C(=O)c3cc(C(F)(F)F)cc(C(F)(F)F)c3)[C@H](Cc3ccccc3)C2)CC1. The quantitative estimate of drug-likeness (QED) is 0.156. The number of aromatic nitrogens is 2. The van der Waals surface area contributed by atoms with Crippen LogP contribution in [0.25, 0.3) is 5.57 Å². The third-order valence-electron chi connectivity index (χ3n) is 10.5. The minimum absolute atomic E-state index is 0.0482. The summed E-state index contributed by atoms with van der Waals surface area (Å²) in [5, 5.41) is 0. The normalized spacial score (nSPS) is 20.1. The van der Waals surface area contributed by atoms with Gasteiger partial charge in [0.2, 0.25) is 0 Å². The number of piperidine rings is 2. The fraction of sp³-hybridized carbons (Fsp3) is 0.359. The zero-order valence-electron chi connectivity index (χ0n) is 27.7. The van der Waals surface area contributed by atoms with Crippen molar-refractivity contribution in [3.05, 3.63) is 129 Å². The van der Waals surface area contributed by atoms with E-state index in [2.05, 4.69) is 22.0 Å². The van der Waals surface area contributed by atoms with Gasteiger partial charge in [-0.3, -0.25) is 14.5 Å². The van der Waals surface area contributed by atoms with E-state index < -0.39 is 41.0 Å². The zero-order valence-corrected chi connectivity index (χ0v) is 27.7. The number of fused-ring (bicyclic) bond motifs is 2. The van der Waals surface area contributed by atoms with Crippen LogP contribution in [0.5, 0.6) is 0 Å². The summed E-state index contributed by atoms with van der Waals surface area (Å²) in [6, 6.07) is 18.4. The van der Waals surface area contributed by atoms with Crippen molar-refractivity contribution >= 4 is 17.8 Å². The van der Waals surface area contributed by atoms with Crippen LogP contribution in [0.3, 0.4) is 0 Å². The van der Waals surface area contributed by atoms with Crippen molar-refractivity contribution in [3.63, 3.8) is 0 Å². The van der Waals surface area contributed by atoms with Gasteiger partial charge in [0.1, 0.15) is 11.5 Å². The molecule has 3 aliphatic heterocycles. The van der Waals surface area contributed by atoms with E-state index in [1.165, 1.54) is 16.0 Å². The maximum absolute atomic E-state index is 13.9. The van der Waals surface area contributed by atoms with Crippen molar-refractivity contribution in [2.24, 2.45) is 0 Å². The van der Waals surface area contributed by atoms with Gasteiger partial charge in [-0.05, 0) is 73.4 Å². The summed E-state index contributed by atoms with van der Waals surface area (Å²) in [6.45, 7) is 2.33. The second-order valence-electron chi connectivity index (χ2n) is 13.5. The zero-order chi connectivity index (χ0) is 35.9. The lowest BCUT2D eigenvalue weighted by atomic mass is 9.87. The number of benzene rings is 3. The largest absolute Gasteiger partial charge is 0.416 e. The van der Waals surface area contributed by atoms with Gasteiger partial charge in [-0.15, -0.1) is 0 Å². The second kappa shape index (κ2) is 13.8. The molecule has 0 unspecified atom stereocenters. The number of amides is 1. The Morgan fingerprint density at radius 1 is 0.824 bits per heavy atom. The van der Waals surface area contributed by atoms with Crippen molar-refractivity contribution in [1.29, 1.82) is 0 Å². The number of likely N-dealkylation sites (tertiary alicyclic amines) is 2. The summed E-state index contributed by atoms with van der Waals surface area (Å²) >= 11 is 0. The molecule has 7 rings (SSSR count). The first-order valence-electron chi connectivity index (χ1n) is 17.1. The number of carbonyl (C=O) groups excluding carboxylic acids is 2. The number of imidazole rings is 1. The molecule has 0 spiro atoms. The van der Waals surface area contributed by atoms with E-state index in [9.17, 15) is 35.9 Å². The first-order valence-corrected chi connectivity index (χ1v) is 17.1. The second-order valence-corrected chi connectivity index (χ2v) is 13.5. The van der Waals surface area contributed by atoms with E-state index in [0.29, 0.717) is 43.6 Å². The van der Waals surface area contributed by atoms with Crippen molar-refractivity contribution in [2.45, 2.75) is 69.5 Å². The minimum atomic E-state index is -5.05. The molecule has 0 aliphatic carbocycles. The molecule has 0 bridgehead atoms. The van der Waals surface area contributed by atoms with Gasteiger partial charge >= 0.3 is 12.4 Å². The molecule has 0 N–H and O–H groups in total. The maximum Gasteiger partial charge on any atom is 0.416 e. The highest BCUT2D eigenvalue weighted by molar-refractivity contribution is 5.95. The average Bonchev–Trinajstić information content (AvgIpc) is 3.45. The summed E-state index contributed by atoms with van der Waals surface area (Å²) in [6.07, 6.45) is -3.87. The van der Waals surface area contributed by atoms with Crippen LogP contribution in [0.1, 0.15) is 80.2 Å². The molecule has 1 aromatic heterocycles. The van der Waals surface area contributed by atoms with Crippen molar-refractivity contribution in [3.8, 4) is 0 Å². The minimum Gasteiger partial charge on any atom is -0.335 e. The summed E-state index contributed by atoms with van der Waals surface area (Å²) in [4.78, 5) is 34.2. The van der Waals surface area contributed by atoms with Gasteiger partial charge < -0.3 is 9.47 Å². The molecule has 6 nitrogen and oxygen atoms in total. The maximum atomic E-state index is 13.9. The highest BCUT2D eigenvalue weighted by atomic mass is 19.4. The van der Waals surface area contributed by atoms with E-state index in [1.807, 2.05) is 47.0 Å². The predicted octanol–water partition coefficient (Wildman–Crippen LogP) is 8.10. The molecule has 3 aliphatic rings. The van der Waals surface area contributed by atoms with Crippen LogP contribution in [-0.2, 0) is 31.7 Å². The predicted molar refractivity (Wildman–Crippen MR) is 179 cm³/mol. The number of rotatable bonds is 5. The van der Waals surface area contributed by atoms with Crippen LogP contribution in [0.2, 0.25) is 0 Å². The Balaban J connectivity index is 1.15. The molecule has 4 heterocycles. The Kier molecular flexibility index (Phi) is 9.38. The summed E-state index contributed by atoms with van der Waals surface area (Å²) in [7, 11) is 0. The first kappa shape index (κ1) is 34.7. The van der Waals surface area contributed by atoms with Gasteiger partial charge in [0.05, 0.1) is 17.3 Å². The molecule has 51 heavy (non-hydrogen) atoms. The Morgan fingerprint density at radius 3 is 2.16 bits per heavy atom. The Bertz CT molecular complexity index is 1920. The molecule has 12 heteroatoms. The monoisotopic (exact) mass is 706 g/mol. The lowest BCUT2D eigenvalue weighted by molar-refractivity contribution is -0.143. The molecular formula is C39H36F6N4O2. The van der Waals surface area contributed by atoms with Gasteiger partial charge in [0, 0.05) is 49.4 Å². The van der Waals surface area contributed by atoms with E-state index in [1.54, 1.807) is 6.20 Å². The molecule has 2 atom stereocenters. The molecule has 3 aromatic carbocycles. The molecule has 2 fully saturated rings. The van der Waals surface area contributed by atoms with Gasteiger partial charge in [-0.2, -0.15) is 26.3 Å². The molecule has 0 radical (unpaired) electrons. The van der Waals surface area contributed by atoms with Gasteiger partial charge in [0.15, 0.2) is 6.29 Å². The van der Waals surface area contributed by atoms with Crippen LogP contribution >= 0.6 is 0 Å². The van der Waals surface area contributed by atoms with Gasteiger partial charge in [0.25, 0.3) is 5.91 Å². The van der Waals surface area contributed by atoms with E-state index in [0.717, 1.165) is 61.2 Å². The number of halogens is 6. The van der Waals surface area contributed by atoms with Crippen LogP contribution in [-0.4, -0.2) is 63.3 Å². The average molecular weight is 707 g/mol. The van der Waals surface area contributed by atoms with E-state index in [4.69, 9.17) is 0 Å². The highest BCUT2D eigenvalue weighted by Gasteiger charge is 2.40. The number of hydrogen-bond acceptors (Lipinski definition) is 4. The standard InChI is InChI=1S/C39H36F6N4O2/c40-38(41,42)29-19-28(20-30(21-29)39(43,44)45)37(51)49-17-13-31(22-32(49)18-25-6-2-1-3-7-25)47-14-10-27(11-15-47)35-34-9-5-4-8-26(34)12-16-48-33(24-50)23-46-36(35)48/h1-9,19-21,23-24,31-32H,10-18,22H2/t31-,32-/m1/s1. The number of carbonyl (C=O) groups is 2. The molecule has 0 saturated carbocycles. The Hall–Kier alpha value is -4.71. The number of aldehydes is 1. The summed E-state index contributed by atoms with van der Waals surface area (Å²) < 4.78 is 84.0. The number of alkyl halides is 6.